The first-order valence-corrected chi connectivity index (χ1v) is 16.3. The van der Waals surface area contributed by atoms with E-state index in [9.17, 15) is 0 Å². The number of hydrogen-bond donors (Lipinski definition) is 2. The summed E-state index contributed by atoms with van der Waals surface area (Å²) >= 11 is 3.40. The third-order valence-electron chi connectivity index (χ3n) is 7.40. The largest absolute Gasteiger partial charge is 0.323 e. The lowest BCUT2D eigenvalue weighted by atomic mass is 10.1. The van der Waals surface area contributed by atoms with Crippen LogP contribution in [-0.2, 0) is 6.54 Å². The molecule has 7 aromatic rings. The molecule has 0 saturated heterocycles. The number of rotatable bonds is 8. The molecule has 0 atom stereocenters. The maximum absolute atomic E-state index is 6.95. The monoisotopic (exact) mass is 713 g/mol. The molecule has 0 aliphatic rings. The minimum absolute atomic E-state index is 0.261. The predicted molar refractivity (Wildman–Crippen MR) is 193 cm³/mol. The molecule has 49 heavy (non-hydrogen) atoms. The summed E-state index contributed by atoms with van der Waals surface area (Å²) < 4.78 is 2.74. The van der Waals surface area contributed by atoms with Crippen molar-refractivity contribution in [2.24, 2.45) is 0 Å². The molecule has 14 heteroatoms. The fraction of sp³-hybridized carbons (Fsp3) is 0.200. The van der Waals surface area contributed by atoms with Crippen LogP contribution in [0.4, 0.5) is 23.3 Å². The summed E-state index contributed by atoms with van der Waals surface area (Å²) in [5.74, 6) is 3.51. The van der Waals surface area contributed by atoms with Crippen molar-refractivity contribution in [2.75, 3.05) is 10.6 Å². The zero-order chi connectivity index (χ0) is 34.3. The van der Waals surface area contributed by atoms with Crippen LogP contribution in [0.5, 0.6) is 0 Å². The first-order chi connectivity index (χ1) is 23.7. The van der Waals surface area contributed by atoms with E-state index in [1.165, 1.54) is 0 Å². The number of halogens is 1. The highest BCUT2D eigenvalue weighted by atomic mass is 79.9. The van der Waals surface area contributed by atoms with Crippen LogP contribution < -0.4 is 10.6 Å². The van der Waals surface area contributed by atoms with E-state index in [0.29, 0.717) is 29.3 Å². The van der Waals surface area contributed by atoms with Crippen LogP contribution in [0.2, 0.25) is 0 Å². The zero-order valence-electron chi connectivity index (χ0n) is 27.2. The average molecular weight is 715 g/mol. The van der Waals surface area contributed by atoms with Gasteiger partial charge < -0.3 is 20.0 Å². The molecule has 0 fully saturated rings. The Balaban J connectivity index is 0.000000177. The molecule has 0 unspecified atom stereocenters. The van der Waals surface area contributed by atoms with Crippen molar-refractivity contribution in [2.45, 2.75) is 46.1 Å². The zero-order valence-corrected chi connectivity index (χ0v) is 28.8. The van der Waals surface area contributed by atoms with Gasteiger partial charge in [-0.15, -0.1) is 10.2 Å². The molecule has 0 saturated carbocycles. The van der Waals surface area contributed by atoms with Crippen molar-refractivity contribution < 1.29 is 0 Å². The van der Waals surface area contributed by atoms with Crippen LogP contribution in [0.1, 0.15) is 56.4 Å². The highest BCUT2D eigenvalue weighted by molar-refractivity contribution is 9.10. The standard InChI is InChI=1S/C20H18N8.C15H14BrN5/c1-13(2)14-6-20(27-24-8-14)26-19-5-4-17-18(25-19)7-16(10-22-17)28-11-15(9-21-3)23-12-28;1-9(2)10-5-15(21-18-7-10)20-14-4-3-12-13(19-14)6-11(16)8-17-12/h4-8,10-13H,9H2,1-2H3,(H,25,26,27);3-9H,1-2H3,(H,19,20,21). The van der Waals surface area contributed by atoms with Crippen LogP contribution in [0, 0.1) is 6.57 Å². The summed E-state index contributed by atoms with van der Waals surface area (Å²) in [5, 5.41) is 22.7. The summed E-state index contributed by atoms with van der Waals surface area (Å²) in [4.78, 5) is 25.5. The Bertz CT molecular complexity index is 2280. The van der Waals surface area contributed by atoms with Gasteiger partial charge in [-0.1, -0.05) is 27.7 Å². The van der Waals surface area contributed by atoms with Crippen LogP contribution in [-0.4, -0.2) is 49.9 Å². The summed E-state index contributed by atoms with van der Waals surface area (Å²) in [5.41, 5.74) is 7.02. The average Bonchev–Trinajstić information content (AvgIpc) is 3.57. The highest BCUT2D eigenvalue weighted by Crippen LogP contribution is 2.23. The topological polar surface area (TPSA) is 149 Å². The van der Waals surface area contributed by atoms with Gasteiger partial charge in [-0.3, -0.25) is 9.97 Å². The maximum Gasteiger partial charge on any atom is 0.257 e. The number of aromatic nitrogens is 10. The first kappa shape index (κ1) is 33.0. The maximum atomic E-state index is 6.95. The van der Waals surface area contributed by atoms with Gasteiger partial charge in [0.1, 0.15) is 17.3 Å². The van der Waals surface area contributed by atoms with Crippen LogP contribution in [0.15, 0.2) is 90.3 Å². The molecular weight excluding hydrogens is 682 g/mol. The lowest BCUT2D eigenvalue weighted by Gasteiger charge is -2.09. The van der Waals surface area contributed by atoms with Crippen LogP contribution >= 0.6 is 15.9 Å². The second kappa shape index (κ2) is 14.9. The fourth-order valence-electron chi connectivity index (χ4n) is 4.71. The third kappa shape index (κ3) is 8.32. The van der Waals surface area contributed by atoms with Gasteiger partial charge in [0.05, 0.1) is 52.7 Å². The van der Waals surface area contributed by atoms with E-state index in [1.807, 2.05) is 59.3 Å². The molecule has 0 aliphatic carbocycles. The predicted octanol–water partition coefficient (Wildman–Crippen LogP) is 7.94. The molecule has 7 aromatic heterocycles. The van der Waals surface area contributed by atoms with E-state index in [4.69, 9.17) is 6.57 Å². The van der Waals surface area contributed by atoms with Gasteiger partial charge in [-0.05, 0) is 87.4 Å². The van der Waals surface area contributed by atoms with Gasteiger partial charge >= 0.3 is 0 Å². The Morgan fingerprint density at radius 2 is 1.27 bits per heavy atom. The summed E-state index contributed by atoms with van der Waals surface area (Å²) in [6.07, 6.45) is 10.6. The van der Waals surface area contributed by atoms with E-state index in [-0.39, 0.29) is 6.54 Å². The molecular formula is C35H32BrN13. The molecule has 0 aromatic carbocycles. The Labute approximate surface area is 291 Å². The van der Waals surface area contributed by atoms with Crippen LogP contribution in [0.3, 0.4) is 0 Å². The minimum atomic E-state index is 0.261. The molecule has 2 N–H and O–H groups in total. The molecule has 7 rings (SSSR count). The quantitative estimate of drug-likeness (QED) is 0.148. The summed E-state index contributed by atoms with van der Waals surface area (Å²) in [6.45, 7) is 15.7. The molecule has 0 spiro atoms. The lowest BCUT2D eigenvalue weighted by Crippen LogP contribution is -2.00. The Hall–Kier alpha value is -5.94. The number of anilines is 4. The Kier molecular flexibility index (Phi) is 10.0. The normalized spacial score (nSPS) is 11.0. The smallest absolute Gasteiger partial charge is 0.257 e. The number of nitrogens with one attached hydrogen (secondary N) is 2. The van der Waals surface area contributed by atoms with Gasteiger partial charge in [0.2, 0.25) is 0 Å². The van der Waals surface area contributed by atoms with E-state index in [2.05, 4.69) is 104 Å². The van der Waals surface area contributed by atoms with E-state index >= 15 is 0 Å². The van der Waals surface area contributed by atoms with Crippen molar-refractivity contribution in [1.29, 1.82) is 0 Å². The number of nitrogens with zero attached hydrogens (tertiary/aromatic N) is 11. The number of fused-ring (bicyclic) bond motifs is 2. The number of pyridine rings is 4. The molecule has 0 aliphatic heterocycles. The van der Waals surface area contributed by atoms with E-state index < -0.39 is 0 Å². The highest BCUT2D eigenvalue weighted by Gasteiger charge is 2.09. The minimum Gasteiger partial charge on any atom is -0.323 e. The van der Waals surface area contributed by atoms with Crippen molar-refractivity contribution in [3.05, 3.63) is 119 Å². The summed E-state index contributed by atoms with van der Waals surface area (Å²) in [6, 6.07) is 15.4. The van der Waals surface area contributed by atoms with Crippen molar-refractivity contribution in [1.82, 2.24) is 49.9 Å². The Morgan fingerprint density at radius 3 is 1.84 bits per heavy atom. The first-order valence-electron chi connectivity index (χ1n) is 15.5. The second-order valence-corrected chi connectivity index (χ2v) is 12.6. The Morgan fingerprint density at radius 1 is 0.694 bits per heavy atom. The molecule has 0 amide bonds. The number of imidazole rings is 1. The van der Waals surface area contributed by atoms with Crippen molar-refractivity contribution in [3.8, 4) is 5.69 Å². The van der Waals surface area contributed by atoms with Gasteiger partial charge in [0.25, 0.3) is 6.54 Å². The van der Waals surface area contributed by atoms with Gasteiger partial charge in [0, 0.05) is 16.9 Å². The molecule has 7 heterocycles. The SMILES string of the molecule is CC(C)c1cnnc(Nc2ccc3ncc(Br)cc3n2)c1.[C-]#[N+]Cc1cn(-c2cnc3ccc(Nc4cc(C(C)C)cnn4)nc3c2)cn1. The van der Waals surface area contributed by atoms with E-state index in [0.717, 1.165) is 54.9 Å². The lowest BCUT2D eigenvalue weighted by molar-refractivity contribution is 0.843. The molecule has 0 radical (unpaired) electrons. The fourth-order valence-corrected chi connectivity index (χ4v) is 5.02. The van der Waals surface area contributed by atoms with Crippen molar-refractivity contribution >= 4 is 61.3 Å². The third-order valence-corrected chi connectivity index (χ3v) is 7.83. The van der Waals surface area contributed by atoms with Crippen LogP contribution in [0.25, 0.3) is 32.6 Å². The van der Waals surface area contributed by atoms with Gasteiger partial charge in [-0.25, -0.2) is 21.5 Å². The molecule has 13 nitrogen and oxygen atoms in total. The molecule has 0 bridgehead atoms. The van der Waals surface area contributed by atoms with Gasteiger partial charge in [0.15, 0.2) is 11.6 Å². The summed E-state index contributed by atoms with van der Waals surface area (Å²) in [7, 11) is 0. The molecule has 244 valence electrons. The van der Waals surface area contributed by atoms with E-state index in [1.54, 1.807) is 31.1 Å². The number of hydrogen-bond acceptors (Lipinski definition) is 11. The van der Waals surface area contributed by atoms with Gasteiger partial charge in [-0.2, -0.15) is 10.2 Å². The van der Waals surface area contributed by atoms with Crippen molar-refractivity contribution in [3.63, 3.8) is 0 Å². The second-order valence-electron chi connectivity index (χ2n) is 11.7.